The summed E-state index contributed by atoms with van der Waals surface area (Å²) in [4.78, 5) is 0. The third-order valence-electron chi connectivity index (χ3n) is 3.00. The summed E-state index contributed by atoms with van der Waals surface area (Å²) < 4.78 is 10.6. The molecule has 1 aliphatic rings. The van der Waals surface area contributed by atoms with Gasteiger partial charge in [0.1, 0.15) is 0 Å². The lowest BCUT2D eigenvalue weighted by Gasteiger charge is -2.21. The van der Waals surface area contributed by atoms with Crippen LogP contribution in [0.4, 0.5) is 0 Å². The number of hydrogen-bond donors (Lipinski definition) is 1. The van der Waals surface area contributed by atoms with Crippen LogP contribution in [0.15, 0.2) is 0 Å². The fraction of sp³-hybridized carbons (Fsp3) is 1.00. The molecule has 1 rings (SSSR count). The van der Waals surface area contributed by atoms with E-state index in [1.807, 2.05) is 0 Å². The Hall–Kier alpha value is -0.120. The van der Waals surface area contributed by atoms with E-state index in [1.54, 1.807) is 0 Å². The molecule has 0 radical (unpaired) electrons. The monoisotopic (exact) mass is 216 g/mol. The largest absolute Gasteiger partial charge is 0.394 e. The second-order valence-corrected chi connectivity index (χ2v) is 4.24. The van der Waals surface area contributed by atoms with Crippen LogP contribution in [-0.2, 0) is 9.47 Å². The molecular weight excluding hydrogens is 192 g/mol. The zero-order valence-corrected chi connectivity index (χ0v) is 9.62. The van der Waals surface area contributed by atoms with Gasteiger partial charge in [0.05, 0.1) is 26.4 Å². The average molecular weight is 216 g/mol. The van der Waals surface area contributed by atoms with Crippen LogP contribution < -0.4 is 0 Å². The zero-order chi connectivity index (χ0) is 10.8. The number of aliphatic hydroxyl groups excluding tert-OH is 1. The summed E-state index contributed by atoms with van der Waals surface area (Å²) in [6.07, 6.45) is 8.23. The van der Waals surface area contributed by atoms with Crippen molar-refractivity contribution in [1.29, 1.82) is 0 Å². The van der Waals surface area contributed by atoms with Gasteiger partial charge in [0.2, 0.25) is 0 Å². The molecule has 0 amide bonds. The van der Waals surface area contributed by atoms with Crippen molar-refractivity contribution in [3.05, 3.63) is 0 Å². The molecule has 15 heavy (non-hydrogen) atoms. The third-order valence-corrected chi connectivity index (χ3v) is 3.00. The first-order chi connectivity index (χ1) is 7.43. The standard InChI is InChI=1S/C12H24O3/c13-7-9-15-11-10-14-8-6-12-4-2-1-3-5-12/h12-13H,1-11H2. The molecule has 0 aromatic rings. The highest BCUT2D eigenvalue weighted by atomic mass is 16.5. The Morgan fingerprint density at radius 3 is 2.20 bits per heavy atom. The molecule has 3 nitrogen and oxygen atoms in total. The van der Waals surface area contributed by atoms with Gasteiger partial charge in [0, 0.05) is 6.61 Å². The lowest BCUT2D eigenvalue weighted by molar-refractivity contribution is 0.0283. The second-order valence-electron chi connectivity index (χ2n) is 4.24. The number of ether oxygens (including phenoxy) is 2. The lowest BCUT2D eigenvalue weighted by atomic mass is 9.87. The molecule has 0 aromatic carbocycles. The summed E-state index contributed by atoms with van der Waals surface area (Å²) in [6.45, 7) is 2.65. The van der Waals surface area contributed by atoms with Crippen LogP contribution in [-0.4, -0.2) is 38.1 Å². The van der Waals surface area contributed by atoms with Crippen LogP contribution in [0.25, 0.3) is 0 Å². The first-order valence-electron chi connectivity index (χ1n) is 6.20. The summed E-state index contributed by atoms with van der Waals surface area (Å²) in [7, 11) is 0. The maximum atomic E-state index is 8.47. The fourth-order valence-corrected chi connectivity index (χ4v) is 2.11. The van der Waals surface area contributed by atoms with Crippen molar-refractivity contribution in [3.8, 4) is 0 Å². The molecule has 3 heteroatoms. The average Bonchev–Trinajstić information content (AvgIpc) is 2.29. The van der Waals surface area contributed by atoms with E-state index in [2.05, 4.69) is 0 Å². The normalized spacial score (nSPS) is 18.2. The topological polar surface area (TPSA) is 38.7 Å². The van der Waals surface area contributed by atoms with Crippen LogP contribution in [0, 0.1) is 5.92 Å². The van der Waals surface area contributed by atoms with E-state index in [1.165, 1.54) is 38.5 Å². The summed E-state index contributed by atoms with van der Waals surface area (Å²) in [6, 6.07) is 0. The Morgan fingerprint density at radius 2 is 1.53 bits per heavy atom. The van der Waals surface area contributed by atoms with Gasteiger partial charge in [-0.3, -0.25) is 0 Å². The van der Waals surface area contributed by atoms with Crippen molar-refractivity contribution in [2.45, 2.75) is 38.5 Å². The molecule has 0 spiro atoms. The molecule has 0 saturated heterocycles. The summed E-state index contributed by atoms with van der Waals surface area (Å²) >= 11 is 0. The smallest absolute Gasteiger partial charge is 0.0701 e. The minimum absolute atomic E-state index is 0.0993. The van der Waals surface area contributed by atoms with E-state index in [9.17, 15) is 0 Å². The van der Waals surface area contributed by atoms with E-state index in [-0.39, 0.29) is 6.61 Å². The Morgan fingerprint density at radius 1 is 0.867 bits per heavy atom. The molecule has 0 unspecified atom stereocenters. The minimum Gasteiger partial charge on any atom is -0.394 e. The van der Waals surface area contributed by atoms with Gasteiger partial charge in [-0.2, -0.15) is 0 Å². The molecule has 1 fully saturated rings. The van der Waals surface area contributed by atoms with Gasteiger partial charge in [0.15, 0.2) is 0 Å². The molecule has 90 valence electrons. The maximum Gasteiger partial charge on any atom is 0.0701 e. The van der Waals surface area contributed by atoms with Gasteiger partial charge >= 0.3 is 0 Å². The van der Waals surface area contributed by atoms with Gasteiger partial charge in [-0.25, -0.2) is 0 Å². The van der Waals surface area contributed by atoms with Gasteiger partial charge in [-0.15, -0.1) is 0 Å². The van der Waals surface area contributed by atoms with E-state index in [0.29, 0.717) is 19.8 Å². The van der Waals surface area contributed by atoms with Gasteiger partial charge < -0.3 is 14.6 Å². The number of rotatable bonds is 8. The SMILES string of the molecule is OCCOCCOCCC1CCCCC1. The van der Waals surface area contributed by atoms with Crippen LogP contribution >= 0.6 is 0 Å². The van der Waals surface area contributed by atoms with Crippen molar-refractivity contribution < 1.29 is 14.6 Å². The van der Waals surface area contributed by atoms with Gasteiger partial charge in [0.25, 0.3) is 0 Å². The van der Waals surface area contributed by atoms with E-state index in [4.69, 9.17) is 14.6 Å². The fourth-order valence-electron chi connectivity index (χ4n) is 2.11. The molecular formula is C12H24O3. The molecule has 0 aliphatic heterocycles. The Bertz CT molecular complexity index is 133. The predicted octanol–water partition coefficient (Wildman–Crippen LogP) is 1.98. The zero-order valence-electron chi connectivity index (χ0n) is 9.62. The summed E-state index contributed by atoms with van der Waals surface area (Å²) in [5.41, 5.74) is 0. The van der Waals surface area contributed by atoms with Crippen LogP contribution in [0.2, 0.25) is 0 Å². The maximum absolute atomic E-state index is 8.47. The van der Waals surface area contributed by atoms with Crippen molar-refractivity contribution in [3.63, 3.8) is 0 Å². The molecule has 0 aromatic heterocycles. The predicted molar refractivity (Wildman–Crippen MR) is 59.9 cm³/mol. The summed E-state index contributed by atoms with van der Waals surface area (Å²) in [5, 5.41) is 8.47. The van der Waals surface area contributed by atoms with Crippen LogP contribution in [0.3, 0.4) is 0 Å². The lowest BCUT2D eigenvalue weighted by Crippen LogP contribution is -2.12. The first kappa shape index (κ1) is 12.9. The highest BCUT2D eigenvalue weighted by molar-refractivity contribution is 4.65. The van der Waals surface area contributed by atoms with Crippen molar-refractivity contribution >= 4 is 0 Å². The van der Waals surface area contributed by atoms with E-state index >= 15 is 0 Å². The van der Waals surface area contributed by atoms with Crippen molar-refractivity contribution in [1.82, 2.24) is 0 Å². The second kappa shape index (κ2) is 9.13. The minimum atomic E-state index is 0.0993. The molecule has 1 aliphatic carbocycles. The molecule has 0 bridgehead atoms. The highest BCUT2D eigenvalue weighted by Gasteiger charge is 2.12. The van der Waals surface area contributed by atoms with E-state index < -0.39 is 0 Å². The third kappa shape index (κ3) is 6.88. The quantitative estimate of drug-likeness (QED) is 0.631. The molecule has 1 N–H and O–H groups in total. The van der Waals surface area contributed by atoms with Crippen LogP contribution in [0.1, 0.15) is 38.5 Å². The molecule has 1 saturated carbocycles. The highest BCUT2D eigenvalue weighted by Crippen LogP contribution is 2.25. The van der Waals surface area contributed by atoms with Crippen molar-refractivity contribution in [2.75, 3.05) is 33.0 Å². The Kier molecular flexibility index (Phi) is 7.88. The number of aliphatic hydroxyl groups is 1. The summed E-state index contributed by atoms with van der Waals surface area (Å²) in [5.74, 6) is 0.900. The van der Waals surface area contributed by atoms with Crippen LogP contribution in [0.5, 0.6) is 0 Å². The number of hydrogen-bond acceptors (Lipinski definition) is 3. The molecule has 0 atom stereocenters. The Labute approximate surface area is 92.8 Å². The van der Waals surface area contributed by atoms with Crippen molar-refractivity contribution in [2.24, 2.45) is 5.92 Å². The Balaban J connectivity index is 1.79. The molecule has 0 heterocycles. The van der Waals surface area contributed by atoms with Gasteiger partial charge in [-0.1, -0.05) is 32.1 Å². The first-order valence-corrected chi connectivity index (χ1v) is 6.20. The van der Waals surface area contributed by atoms with E-state index in [0.717, 1.165) is 12.5 Å². The van der Waals surface area contributed by atoms with Gasteiger partial charge in [-0.05, 0) is 12.3 Å².